The summed E-state index contributed by atoms with van der Waals surface area (Å²) in [6.45, 7) is 2.48. The minimum absolute atomic E-state index is 0.826. The quantitative estimate of drug-likeness (QED) is 0.197. The van der Waals surface area contributed by atoms with Gasteiger partial charge in [0.15, 0.2) is 0 Å². The Morgan fingerprint density at radius 1 is 0.431 bits per heavy atom. The van der Waals surface area contributed by atoms with Gasteiger partial charge in [0.05, 0.1) is 22.8 Å². The van der Waals surface area contributed by atoms with Crippen LogP contribution in [0.2, 0.25) is 0 Å². The monoisotopic (exact) mass is 665 g/mol. The summed E-state index contributed by atoms with van der Waals surface area (Å²) < 4.78 is 0. The molecule has 0 atom stereocenters. The SMILES string of the molecule is CN1C=CC(c2c3nc(c(C4=CCN(C)C=C4)c4ccc([nH]4)c(-c4ccccc4)c4nc(c(C5=CCN(C)C=C5)c5ccc2[nH]5)C=C4)C=C3)=CC1. The van der Waals surface area contributed by atoms with Gasteiger partial charge >= 0.3 is 0 Å². The lowest BCUT2D eigenvalue weighted by molar-refractivity contribution is 0.506. The van der Waals surface area contributed by atoms with Crippen molar-refractivity contribution in [2.45, 2.75) is 0 Å². The van der Waals surface area contributed by atoms with E-state index >= 15 is 0 Å². The molecule has 7 heteroatoms. The highest BCUT2D eigenvalue weighted by molar-refractivity contribution is 5.99. The van der Waals surface area contributed by atoms with Crippen LogP contribution < -0.4 is 0 Å². The fourth-order valence-corrected chi connectivity index (χ4v) is 7.32. The molecule has 0 aliphatic carbocycles. The highest BCUT2D eigenvalue weighted by Gasteiger charge is 2.21. The fraction of sp³-hybridized carbons (Fsp3) is 0.136. The molecule has 0 unspecified atom stereocenters. The maximum Gasteiger partial charge on any atom is 0.0737 e. The van der Waals surface area contributed by atoms with E-state index in [1.54, 1.807) is 0 Å². The van der Waals surface area contributed by atoms with E-state index in [9.17, 15) is 0 Å². The van der Waals surface area contributed by atoms with E-state index in [1.807, 2.05) is 0 Å². The lowest BCUT2D eigenvalue weighted by atomic mass is 10.0. The molecule has 51 heavy (non-hydrogen) atoms. The molecule has 5 aliphatic heterocycles. The average molecular weight is 666 g/mol. The molecule has 0 spiro atoms. The van der Waals surface area contributed by atoms with Gasteiger partial charge in [0.2, 0.25) is 0 Å². The van der Waals surface area contributed by atoms with Gasteiger partial charge in [-0.1, -0.05) is 48.6 Å². The van der Waals surface area contributed by atoms with E-state index in [1.165, 1.54) is 0 Å². The van der Waals surface area contributed by atoms with Gasteiger partial charge in [-0.25, -0.2) is 9.97 Å². The van der Waals surface area contributed by atoms with Crippen molar-refractivity contribution in [3.05, 3.63) is 149 Å². The van der Waals surface area contributed by atoms with Crippen molar-refractivity contribution in [2.24, 2.45) is 0 Å². The molecule has 1 aromatic carbocycles. The van der Waals surface area contributed by atoms with Crippen LogP contribution in [0, 0.1) is 0 Å². The summed E-state index contributed by atoms with van der Waals surface area (Å²) in [4.78, 5) is 25.1. The lowest BCUT2D eigenvalue weighted by Crippen LogP contribution is -2.13. The van der Waals surface area contributed by atoms with Crippen molar-refractivity contribution in [2.75, 3.05) is 40.8 Å². The number of fused-ring (bicyclic) bond motifs is 8. The number of nitrogens with one attached hydrogen (secondary N) is 2. The minimum Gasteiger partial charge on any atom is -0.377 e. The number of aromatic amines is 2. The highest BCUT2D eigenvalue weighted by atomic mass is 15.1. The fourth-order valence-electron chi connectivity index (χ4n) is 7.32. The first-order chi connectivity index (χ1) is 25.0. The van der Waals surface area contributed by atoms with Crippen molar-refractivity contribution in [1.82, 2.24) is 34.6 Å². The lowest BCUT2D eigenvalue weighted by Gasteiger charge is -2.18. The van der Waals surface area contributed by atoms with Crippen LogP contribution in [0.4, 0.5) is 0 Å². The summed E-state index contributed by atoms with van der Waals surface area (Å²) in [6.07, 6.45) is 28.5. The molecule has 250 valence electrons. The smallest absolute Gasteiger partial charge is 0.0737 e. The second-order valence-electron chi connectivity index (χ2n) is 13.6. The Morgan fingerprint density at radius 3 is 1.14 bits per heavy atom. The van der Waals surface area contributed by atoms with Gasteiger partial charge in [-0.05, 0) is 108 Å². The topological polar surface area (TPSA) is 67.1 Å². The molecule has 5 aliphatic rings. The molecule has 3 aromatic heterocycles. The third-order valence-electron chi connectivity index (χ3n) is 10.0. The van der Waals surface area contributed by atoms with Crippen LogP contribution in [0.3, 0.4) is 0 Å². The van der Waals surface area contributed by atoms with Crippen LogP contribution >= 0.6 is 0 Å². The number of benzene rings is 1. The summed E-state index contributed by atoms with van der Waals surface area (Å²) >= 11 is 0. The van der Waals surface area contributed by atoms with E-state index in [4.69, 9.17) is 9.97 Å². The Balaban J connectivity index is 1.43. The number of H-pyrrole nitrogens is 2. The molecule has 8 heterocycles. The molecular weight excluding hydrogens is 627 g/mol. The summed E-state index contributed by atoms with van der Waals surface area (Å²) in [5.41, 5.74) is 16.6. The van der Waals surface area contributed by atoms with E-state index < -0.39 is 0 Å². The van der Waals surface area contributed by atoms with Crippen molar-refractivity contribution in [1.29, 1.82) is 0 Å². The molecule has 4 aromatic rings. The van der Waals surface area contributed by atoms with Gasteiger partial charge in [-0.15, -0.1) is 0 Å². The minimum atomic E-state index is 0.826. The van der Waals surface area contributed by atoms with Crippen LogP contribution in [-0.2, 0) is 0 Å². The first-order valence-electron chi connectivity index (χ1n) is 17.5. The third-order valence-corrected chi connectivity index (χ3v) is 10.0. The van der Waals surface area contributed by atoms with Gasteiger partial charge < -0.3 is 24.7 Å². The summed E-state index contributed by atoms with van der Waals surface area (Å²) in [5, 5.41) is 0. The van der Waals surface area contributed by atoms with Gasteiger partial charge in [0, 0.05) is 85.1 Å². The van der Waals surface area contributed by atoms with Crippen LogP contribution in [-0.4, -0.2) is 75.4 Å². The number of allylic oxidation sites excluding steroid dienone is 6. The van der Waals surface area contributed by atoms with Crippen LogP contribution in [0.25, 0.3) is 74.2 Å². The Morgan fingerprint density at radius 2 is 0.784 bits per heavy atom. The predicted molar refractivity (Wildman–Crippen MR) is 214 cm³/mol. The number of hydrogen-bond acceptors (Lipinski definition) is 5. The third kappa shape index (κ3) is 5.66. The number of likely N-dealkylation sites (N-methyl/N-ethyl adjacent to an activating group) is 3. The molecule has 8 bridgehead atoms. The number of nitrogens with zero attached hydrogens (tertiary/aromatic N) is 5. The Kier molecular flexibility index (Phi) is 7.54. The maximum atomic E-state index is 5.42. The Labute approximate surface area is 298 Å². The van der Waals surface area contributed by atoms with Crippen LogP contribution in [0.1, 0.15) is 39.5 Å². The largest absolute Gasteiger partial charge is 0.377 e. The van der Waals surface area contributed by atoms with E-state index in [0.29, 0.717) is 0 Å². The van der Waals surface area contributed by atoms with E-state index in [-0.39, 0.29) is 0 Å². The number of aromatic nitrogens is 4. The zero-order chi connectivity index (χ0) is 34.5. The maximum absolute atomic E-state index is 5.42. The van der Waals surface area contributed by atoms with Gasteiger partial charge in [0.1, 0.15) is 0 Å². The van der Waals surface area contributed by atoms with Crippen molar-refractivity contribution in [3.8, 4) is 11.1 Å². The summed E-state index contributed by atoms with van der Waals surface area (Å²) in [5.74, 6) is 0. The second-order valence-corrected chi connectivity index (χ2v) is 13.6. The highest BCUT2D eigenvalue weighted by Crippen LogP contribution is 2.37. The standard InChI is InChI=1S/C44H39N7/c1-49-23-17-30(18-24-49)42-35-11-9-33(45-35)41(29-7-5-4-6-8-29)34-10-12-36(46-34)43(31-19-25-50(2)26-20-31)38-14-16-40(48-38)44(39-15-13-37(42)47-39)32-21-27-51(3)28-22-32/h4-23,25,27,45,48H,24,26,28H2,1-3H3. The van der Waals surface area contributed by atoms with Gasteiger partial charge in [-0.2, -0.15) is 0 Å². The average Bonchev–Trinajstić information content (AvgIpc) is 3.99. The first-order valence-corrected chi connectivity index (χ1v) is 17.5. The molecule has 9 rings (SSSR count). The summed E-state index contributed by atoms with van der Waals surface area (Å²) in [6, 6.07) is 19.3. The zero-order valence-corrected chi connectivity index (χ0v) is 29.1. The summed E-state index contributed by atoms with van der Waals surface area (Å²) in [7, 11) is 6.29. The Hall–Kier alpha value is -6.34. The predicted octanol–water partition coefficient (Wildman–Crippen LogP) is 8.85. The molecule has 0 fully saturated rings. The molecule has 0 saturated carbocycles. The van der Waals surface area contributed by atoms with Crippen molar-refractivity contribution in [3.63, 3.8) is 0 Å². The zero-order valence-electron chi connectivity index (χ0n) is 29.1. The second kappa shape index (κ2) is 12.5. The van der Waals surface area contributed by atoms with E-state index in [0.717, 1.165) is 109 Å². The number of hydrogen-bond donors (Lipinski definition) is 2. The molecule has 0 saturated heterocycles. The molecule has 0 amide bonds. The van der Waals surface area contributed by atoms with Crippen LogP contribution in [0.5, 0.6) is 0 Å². The van der Waals surface area contributed by atoms with Crippen molar-refractivity contribution < 1.29 is 0 Å². The molecular formula is C44H39N7. The normalized spacial score (nSPS) is 16.5. The van der Waals surface area contributed by atoms with Crippen LogP contribution in [0.15, 0.2) is 110 Å². The first kappa shape index (κ1) is 30.7. The van der Waals surface area contributed by atoms with E-state index in [2.05, 4.69) is 180 Å². The van der Waals surface area contributed by atoms with Crippen molar-refractivity contribution >= 4 is 63.1 Å². The molecule has 7 nitrogen and oxygen atoms in total. The molecule has 0 radical (unpaired) electrons. The van der Waals surface area contributed by atoms with Gasteiger partial charge in [0.25, 0.3) is 0 Å². The Bertz CT molecular complexity index is 2460. The molecule has 2 N–H and O–H groups in total. The number of rotatable bonds is 4. The van der Waals surface area contributed by atoms with Gasteiger partial charge in [-0.3, -0.25) is 0 Å².